The molecule has 1 fully saturated rings. The second-order valence-corrected chi connectivity index (χ2v) is 5.73. The Labute approximate surface area is 118 Å². The average Bonchev–Trinajstić information content (AvgIpc) is 2.37. The van der Waals surface area contributed by atoms with Gasteiger partial charge in [0, 0.05) is 29.8 Å². The highest BCUT2D eigenvalue weighted by atomic mass is 16.6. The molecule has 0 bridgehead atoms. The van der Waals surface area contributed by atoms with E-state index in [1.165, 1.54) is 6.07 Å². The Morgan fingerprint density at radius 2 is 2.25 bits per heavy atom. The smallest absolute Gasteiger partial charge is 0.292 e. The van der Waals surface area contributed by atoms with Crippen LogP contribution in [0.15, 0.2) is 18.2 Å². The fourth-order valence-corrected chi connectivity index (χ4v) is 2.63. The van der Waals surface area contributed by atoms with Crippen LogP contribution in [0.4, 0.5) is 17.1 Å². The van der Waals surface area contributed by atoms with Crippen LogP contribution in [0.2, 0.25) is 0 Å². The highest BCUT2D eigenvalue weighted by Gasteiger charge is 2.48. The van der Waals surface area contributed by atoms with Crippen LogP contribution in [0, 0.1) is 15.5 Å². The van der Waals surface area contributed by atoms with Crippen LogP contribution in [0.5, 0.6) is 0 Å². The maximum Gasteiger partial charge on any atom is 0.292 e. The molecule has 2 unspecified atom stereocenters. The lowest BCUT2D eigenvalue weighted by Gasteiger charge is -2.52. The first-order valence-corrected chi connectivity index (χ1v) is 6.78. The molecule has 0 radical (unpaired) electrons. The molecule has 1 saturated carbocycles. The van der Waals surface area contributed by atoms with Crippen LogP contribution in [0.25, 0.3) is 0 Å². The summed E-state index contributed by atoms with van der Waals surface area (Å²) < 4.78 is 5.68. The van der Waals surface area contributed by atoms with Gasteiger partial charge in [0.15, 0.2) is 0 Å². The fourth-order valence-electron chi connectivity index (χ4n) is 2.63. The zero-order chi connectivity index (χ0) is 14.9. The molecule has 0 spiro atoms. The van der Waals surface area contributed by atoms with Gasteiger partial charge < -0.3 is 15.8 Å². The van der Waals surface area contributed by atoms with E-state index in [1.807, 2.05) is 6.92 Å². The summed E-state index contributed by atoms with van der Waals surface area (Å²) in [4.78, 5) is 10.3. The lowest BCUT2D eigenvalue weighted by molar-refractivity contribution is -0.383. The largest absolute Gasteiger partial charge is 0.393 e. The van der Waals surface area contributed by atoms with E-state index in [4.69, 9.17) is 10.5 Å². The van der Waals surface area contributed by atoms with E-state index in [9.17, 15) is 10.1 Å². The van der Waals surface area contributed by atoms with E-state index < -0.39 is 4.92 Å². The molecule has 0 saturated heterocycles. The second-order valence-electron chi connectivity index (χ2n) is 5.73. The monoisotopic (exact) mass is 279 g/mol. The van der Waals surface area contributed by atoms with Crippen molar-refractivity contribution in [2.45, 2.75) is 39.3 Å². The van der Waals surface area contributed by atoms with E-state index in [0.29, 0.717) is 6.61 Å². The quantitative estimate of drug-likeness (QED) is 0.491. The summed E-state index contributed by atoms with van der Waals surface area (Å²) in [7, 11) is 0. The summed E-state index contributed by atoms with van der Waals surface area (Å²) in [6.45, 7) is 7.02. The van der Waals surface area contributed by atoms with Crippen molar-refractivity contribution in [1.29, 1.82) is 0 Å². The first-order valence-electron chi connectivity index (χ1n) is 6.78. The number of nitro benzene ring substituents is 1. The van der Waals surface area contributed by atoms with Crippen molar-refractivity contribution in [2.24, 2.45) is 5.41 Å². The van der Waals surface area contributed by atoms with Crippen LogP contribution in [-0.4, -0.2) is 23.7 Å². The minimum atomic E-state index is -0.475. The van der Waals surface area contributed by atoms with E-state index in [2.05, 4.69) is 19.2 Å². The van der Waals surface area contributed by atoms with Gasteiger partial charge in [-0.2, -0.15) is 0 Å². The maximum atomic E-state index is 10.7. The van der Waals surface area contributed by atoms with Gasteiger partial charge in [-0.1, -0.05) is 13.8 Å². The third-order valence-corrected chi connectivity index (χ3v) is 4.11. The Kier molecular flexibility index (Phi) is 3.85. The number of hydrogen-bond donors (Lipinski definition) is 2. The predicted molar refractivity (Wildman–Crippen MR) is 78.7 cm³/mol. The van der Waals surface area contributed by atoms with E-state index in [-0.39, 0.29) is 28.9 Å². The first-order chi connectivity index (χ1) is 9.36. The van der Waals surface area contributed by atoms with Crippen molar-refractivity contribution < 1.29 is 9.66 Å². The molecule has 0 aliphatic heterocycles. The second kappa shape index (κ2) is 5.28. The van der Waals surface area contributed by atoms with E-state index in [1.54, 1.807) is 12.1 Å². The number of nitrogen functional groups attached to an aromatic ring is 1. The van der Waals surface area contributed by atoms with Gasteiger partial charge in [0.1, 0.15) is 5.69 Å². The van der Waals surface area contributed by atoms with Gasteiger partial charge in [0.05, 0.1) is 11.0 Å². The minimum absolute atomic E-state index is 0.0343. The Bertz CT molecular complexity index is 516. The summed E-state index contributed by atoms with van der Waals surface area (Å²) in [6.07, 6.45) is 1.18. The van der Waals surface area contributed by atoms with Gasteiger partial charge >= 0.3 is 0 Å². The summed E-state index contributed by atoms with van der Waals surface area (Å²) in [5.74, 6) is 0. The molecule has 0 amide bonds. The van der Waals surface area contributed by atoms with Crippen molar-refractivity contribution in [3.05, 3.63) is 28.3 Å². The number of nitrogens with two attached hydrogens (primary N) is 1. The number of hydrogen-bond acceptors (Lipinski definition) is 5. The van der Waals surface area contributed by atoms with Crippen molar-refractivity contribution in [2.75, 3.05) is 17.7 Å². The van der Waals surface area contributed by atoms with Gasteiger partial charge in [-0.15, -0.1) is 0 Å². The molecule has 20 heavy (non-hydrogen) atoms. The molecule has 3 N–H and O–H groups in total. The highest BCUT2D eigenvalue weighted by Crippen LogP contribution is 2.44. The van der Waals surface area contributed by atoms with E-state index in [0.717, 1.165) is 12.1 Å². The van der Waals surface area contributed by atoms with Crippen LogP contribution in [-0.2, 0) is 4.74 Å². The number of nitrogens with zero attached hydrogens (tertiary/aromatic N) is 1. The lowest BCUT2D eigenvalue weighted by atomic mass is 9.64. The van der Waals surface area contributed by atoms with Crippen molar-refractivity contribution in [1.82, 2.24) is 0 Å². The molecule has 6 heteroatoms. The average molecular weight is 279 g/mol. The number of nitrogens with one attached hydrogen (secondary N) is 1. The van der Waals surface area contributed by atoms with Crippen LogP contribution < -0.4 is 11.1 Å². The summed E-state index contributed by atoms with van der Waals surface area (Å²) in [6, 6.07) is 5.02. The van der Waals surface area contributed by atoms with Crippen LogP contribution >= 0.6 is 0 Å². The van der Waals surface area contributed by atoms with Gasteiger partial charge in [-0.05, 0) is 25.5 Å². The maximum absolute atomic E-state index is 10.7. The van der Waals surface area contributed by atoms with Crippen LogP contribution in [0.1, 0.15) is 27.2 Å². The SMILES string of the molecule is CCOC1CC(Nc2ccc([N+](=O)[O-])c(N)c2)C1(C)C. The highest BCUT2D eigenvalue weighted by molar-refractivity contribution is 5.66. The molecule has 2 atom stereocenters. The van der Waals surface area contributed by atoms with Crippen molar-refractivity contribution in [3.8, 4) is 0 Å². The number of benzene rings is 1. The molecule has 1 aromatic rings. The number of anilines is 2. The first kappa shape index (κ1) is 14.6. The molecule has 0 heterocycles. The van der Waals surface area contributed by atoms with Gasteiger partial charge in [0.25, 0.3) is 5.69 Å². The van der Waals surface area contributed by atoms with Crippen molar-refractivity contribution >= 4 is 17.1 Å². The standard InChI is InChI=1S/C14H21N3O3/c1-4-20-13-8-12(14(13,2)3)16-9-5-6-11(17(18)19)10(15)7-9/h5-7,12-13,16H,4,8,15H2,1-3H3. The third kappa shape index (κ3) is 2.56. The Balaban J connectivity index is 2.05. The molecular formula is C14H21N3O3. The third-order valence-electron chi connectivity index (χ3n) is 4.11. The Morgan fingerprint density at radius 3 is 2.75 bits per heavy atom. The van der Waals surface area contributed by atoms with Crippen molar-refractivity contribution in [3.63, 3.8) is 0 Å². The van der Waals surface area contributed by atoms with Gasteiger partial charge in [-0.3, -0.25) is 10.1 Å². The van der Waals surface area contributed by atoms with Gasteiger partial charge in [0.2, 0.25) is 0 Å². The topological polar surface area (TPSA) is 90.4 Å². The lowest BCUT2D eigenvalue weighted by Crippen LogP contribution is -2.58. The number of rotatable bonds is 5. The zero-order valence-corrected chi connectivity index (χ0v) is 12.1. The molecule has 1 aromatic carbocycles. The molecule has 110 valence electrons. The number of ether oxygens (including phenoxy) is 1. The van der Waals surface area contributed by atoms with E-state index >= 15 is 0 Å². The minimum Gasteiger partial charge on any atom is -0.393 e. The molecule has 0 aromatic heterocycles. The Hall–Kier alpha value is -1.82. The summed E-state index contributed by atoms with van der Waals surface area (Å²) in [5.41, 5.74) is 6.65. The summed E-state index contributed by atoms with van der Waals surface area (Å²) >= 11 is 0. The molecular weight excluding hydrogens is 258 g/mol. The molecule has 1 aliphatic carbocycles. The molecule has 2 rings (SSSR count). The molecule has 6 nitrogen and oxygen atoms in total. The van der Waals surface area contributed by atoms with Gasteiger partial charge in [-0.25, -0.2) is 0 Å². The zero-order valence-electron chi connectivity index (χ0n) is 12.1. The number of nitro groups is 1. The van der Waals surface area contributed by atoms with Crippen LogP contribution in [0.3, 0.4) is 0 Å². The molecule has 1 aliphatic rings. The fraction of sp³-hybridized carbons (Fsp3) is 0.571. The normalized spacial score (nSPS) is 23.9. The Morgan fingerprint density at radius 1 is 1.55 bits per heavy atom. The predicted octanol–water partition coefficient (Wildman–Crippen LogP) is 2.79. The summed E-state index contributed by atoms with van der Waals surface area (Å²) in [5, 5.41) is 14.1.